The zero-order valence-electron chi connectivity index (χ0n) is 16.6. The number of nitrogens with zero attached hydrogens (tertiary/aromatic N) is 3. The van der Waals surface area contributed by atoms with Crippen molar-refractivity contribution in [1.82, 2.24) is 14.7 Å². The number of aliphatic carboxylic acids is 1. The van der Waals surface area contributed by atoms with Crippen molar-refractivity contribution in [3.8, 4) is 5.75 Å². The molecule has 0 radical (unpaired) electrons. The van der Waals surface area contributed by atoms with Crippen molar-refractivity contribution in [3.63, 3.8) is 0 Å². The highest BCUT2D eigenvalue weighted by atomic mass is 19.1. The van der Waals surface area contributed by atoms with Gasteiger partial charge in [0, 0.05) is 32.7 Å². The molecule has 0 atom stereocenters. The van der Waals surface area contributed by atoms with Crippen LogP contribution in [0.15, 0.2) is 24.3 Å². The number of rotatable bonds is 10. The Hall–Kier alpha value is -2.19. The van der Waals surface area contributed by atoms with Crippen LogP contribution in [0.2, 0.25) is 0 Å². The molecule has 1 aliphatic heterocycles. The molecule has 1 aromatic carbocycles. The fourth-order valence-corrected chi connectivity index (χ4v) is 3.32. The number of carbonyl (C=O) groups excluding carboxylic acids is 1. The summed E-state index contributed by atoms with van der Waals surface area (Å²) in [6, 6.07) is 6.13. The first-order valence-corrected chi connectivity index (χ1v) is 9.62. The fraction of sp³-hybridized carbons (Fsp3) is 0.600. The van der Waals surface area contributed by atoms with Crippen molar-refractivity contribution >= 4 is 11.9 Å². The topological polar surface area (TPSA) is 73.3 Å². The molecule has 1 fully saturated rings. The van der Waals surface area contributed by atoms with Crippen LogP contribution in [0.4, 0.5) is 4.39 Å². The number of carbonyl (C=O) groups is 2. The lowest BCUT2D eigenvalue weighted by molar-refractivity contribution is -0.138. The minimum atomic E-state index is -0.815. The van der Waals surface area contributed by atoms with Crippen LogP contribution in [0.25, 0.3) is 0 Å². The van der Waals surface area contributed by atoms with E-state index in [-0.39, 0.29) is 24.3 Å². The van der Waals surface area contributed by atoms with Crippen LogP contribution < -0.4 is 4.74 Å². The lowest BCUT2D eigenvalue weighted by atomic mass is 10.0. The minimum absolute atomic E-state index is 0.0479. The fourth-order valence-electron chi connectivity index (χ4n) is 3.32. The van der Waals surface area contributed by atoms with Gasteiger partial charge in [0.15, 0.2) is 0 Å². The van der Waals surface area contributed by atoms with Crippen LogP contribution in [0.5, 0.6) is 5.75 Å². The molecule has 0 saturated carbocycles. The summed E-state index contributed by atoms with van der Waals surface area (Å²) in [6.07, 6.45) is 2.43. The highest BCUT2D eigenvalue weighted by Crippen LogP contribution is 2.15. The Morgan fingerprint density at radius 2 is 1.86 bits per heavy atom. The van der Waals surface area contributed by atoms with Gasteiger partial charge in [-0.3, -0.25) is 19.4 Å². The van der Waals surface area contributed by atoms with Gasteiger partial charge in [0.25, 0.3) is 0 Å². The predicted molar refractivity (Wildman–Crippen MR) is 104 cm³/mol. The summed E-state index contributed by atoms with van der Waals surface area (Å²) >= 11 is 0. The van der Waals surface area contributed by atoms with Gasteiger partial charge in [-0.15, -0.1) is 0 Å². The van der Waals surface area contributed by atoms with Crippen LogP contribution in [0, 0.1) is 5.82 Å². The number of carboxylic acid groups (broad SMARTS) is 1. The molecule has 1 amide bonds. The highest BCUT2D eigenvalue weighted by Gasteiger charge is 2.25. The molecule has 1 heterocycles. The summed E-state index contributed by atoms with van der Waals surface area (Å²) in [5.41, 5.74) is 0. The van der Waals surface area contributed by atoms with E-state index in [1.54, 1.807) is 24.1 Å². The summed E-state index contributed by atoms with van der Waals surface area (Å²) in [5, 5.41) is 8.88. The van der Waals surface area contributed by atoms with Gasteiger partial charge in [0.2, 0.25) is 5.91 Å². The van der Waals surface area contributed by atoms with Crippen molar-refractivity contribution in [2.24, 2.45) is 0 Å². The molecule has 28 heavy (non-hydrogen) atoms. The van der Waals surface area contributed by atoms with E-state index in [1.165, 1.54) is 12.1 Å². The SMILES string of the molecule is CN(CCCOc1ccc(F)cc1)C(=O)CN1CCC(N(C)CC(=O)O)CC1. The number of carboxylic acids is 1. The van der Waals surface area contributed by atoms with Gasteiger partial charge < -0.3 is 14.7 Å². The van der Waals surface area contributed by atoms with Crippen molar-refractivity contribution in [1.29, 1.82) is 0 Å². The average molecular weight is 395 g/mol. The third-order valence-corrected chi connectivity index (χ3v) is 5.07. The van der Waals surface area contributed by atoms with E-state index in [1.807, 2.05) is 11.9 Å². The molecule has 1 N–H and O–H groups in total. The Bertz CT molecular complexity index is 633. The van der Waals surface area contributed by atoms with E-state index in [4.69, 9.17) is 9.84 Å². The van der Waals surface area contributed by atoms with Gasteiger partial charge in [-0.05, 0) is 50.6 Å². The average Bonchev–Trinajstić information content (AvgIpc) is 2.66. The predicted octanol–water partition coefficient (Wildman–Crippen LogP) is 1.53. The second-order valence-electron chi connectivity index (χ2n) is 7.29. The van der Waals surface area contributed by atoms with Crippen molar-refractivity contribution in [2.75, 3.05) is 53.4 Å². The van der Waals surface area contributed by atoms with Crippen LogP contribution in [-0.2, 0) is 9.59 Å². The highest BCUT2D eigenvalue weighted by molar-refractivity contribution is 5.78. The molecule has 0 unspecified atom stereocenters. The first-order valence-electron chi connectivity index (χ1n) is 9.62. The first-order chi connectivity index (χ1) is 13.3. The molecule has 1 aromatic rings. The number of likely N-dealkylation sites (tertiary alicyclic amines) is 1. The van der Waals surface area contributed by atoms with E-state index in [2.05, 4.69) is 4.90 Å². The molecule has 0 bridgehead atoms. The summed E-state index contributed by atoms with van der Waals surface area (Å²) in [5.74, 6) is -0.425. The van der Waals surface area contributed by atoms with E-state index >= 15 is 0 Å². The smallest absolute Gasteiger partial charge is 0.317 e. The quantitative estimate of drug-likeness (QED) is 0.606. The standard InChI is InChI=1S/C20H30FN3O4/c1-22(10-3-13-28-18-6-4-16(21)5-7-18)19(25)14-24-11-8-17(9-12-24)23(2)15-20(26)27/h4-7,17H,3,8-15H2,1-2H3,(H,26,27). The Morgan fingerprint density at radius 1 is 1.21 bits per heavy atom. The van der Waals surface area contributed by atoms with Crippen molar-refractivity contribution in [2.45, 2.75) is 25.3 Å². The lowest BCUT2D eigenvalue weighted by Crippen LogP contribution is -2.47. The summed E-state index contributed by atoms with van der Waals surface area (Å²) in [6.45, 7) is 3.07. The van der Waals surface area contributed by atoms with Crippen LogP contribution in [0.3, 0.4) is 0 Å². The van der Waals surface area contributed by atoms with Crippen molar-refractivity contribution < 1.29 is 23.8 Å². The van der Waals surface area contributed by atoms with Gasteiger partial charge in [0.05, 0.1) is 19.7 Å². The van der Waals surface area contributed by atoms with E-state index in [0.717, 1.165) is 25.9 Å². The number of piperidine rings is 1. The zero-order valence-corrected chi connectivity index (χ0v) is 16.6. The number of amides is 1. The van der Waals surface area contributed by atoms with E-state index < -0.39 is 5.97 Å². The second kappa shape index (κ2) is 11.0. The maximum absolute atomic E-state index is 12.8. The van der Waals surface area contributed by atoms with Gasteiger partial charge in [0.1, 0.15) is 11.6 Å². The second-order valence-corrected chi connectivity index (χ2v) is 7.29. The molecule has 1 saturated heterocycles. The molecule has 1 aliphatic rings. The Labute approximate surface area is 165 Å². The maximum atomic E-state index is 12.8. The third kappa shape index (κ3) is 7.44. The molecule has 0 spiro atoms. The van der Waals surface area contributed by atoms with E-state index in [9.17, 15) is 14.0 Å². The Kier molecular flexibility index (Phi) is 8.66. The molecule has 0 aliphatic carbocycles. The largest absolute Gasteiger partial charge is 0.494 e. The van der Waals surface area contributed by atoms with Crippen LogP contribution in [-0.4, -0.2) is 91.2 Å². The molecular formula is C20H30FN3O4. The van der Waals surface area contributed by atoms with E-state index in [0.29, 0.717) is 31.9 Å². The monoisotopic (exact) mass is 395 g/mol. The summed E-state index contributed by atoms with van der Waals surface area (Å²) in [4.78, 5) is 28.9. The number of ether oxygens (including phenoxy) is 1. The first kappa shape index (κ1) is 22.1. The molecule has 7 nitrogen and oxygen atoms in total. The Balaban J connectivity index is 1.62. The maximum Gasteiger partial charge on any atom is 0.317 e. The lowest BCUT2D eigenvalue weighted by Gasteiger charge is -2.36. The summed E-state index contributed by atoms with van der Waals surface area (Å²) < 4.78 is 18.4. The van der Waals surface area contributed by atoms with Gasteiger partial charge >= 0.3 is 5.97 Å². The molecule has 2 rings (SSSR count). The zero-order chi connectivity index (χ0) is 20.5. The third-order valence-electron chi connectivity index (χ3n) is 5.07. The molecule has 156 valence electrons. The number of hydrogen-bond acceptors (Lipinski definition) is 5. The summed E-state index contributed by atoms with van der Waals surface area (Å²) in [7, 11) is 3.62. The van der Waals surface area contributed by atoms with Gasteiger partial charge in [-0.2, -0.15) is 0 Å². The normalized spacial score (nSPS) is 15.6. The number of hydrogen-bond donors (Lipinski definition) is 1. The van der Waals surface area contributed by atoms with Crippen LogP contribution in [0.1, 0.15) is 19.3 Å². The van der Waals surface area contributed by atoms with Gasteiger partial charge in [-0.1, -0.05) is 0 Å². The molecular weight excluding hydrogens is 365 g/mol. The number of benzene rings is 1. The van der Waals surface area contributed by atoms with Gasteiger partial charge in [-0.25, -0.2) is 4.39 Å². The molecule has 8 heteroatoms. The van der Waals surface area contributed by atoms with Crippen molar-refractivity contribution in [3.05, 3.63) is 30.1 Å². The Morgan fingerprint density at radius 3 is 2.46 bits per heavy atom. The number of likely N-dealkylation sites (N-methyl/N-ethyl adjacent to an activating group) is 2. The molecule has 0 aromatic heterocycles. The van der Waals surface area contributed by atoms with Crippen LogP contribution >= 0.6 is 0 Å². The minimum Gasteiger partial charge on any atom is -0.494 e. The number of halogens is 1.